The number of aryl methyl sites for hydroxylation is 1. The minimum Gasteiger partial charge on any atom is -1.00 e. The van der Waals surface area contributed by atoms with E-state index in [4.69, 9.17) is 10.5 Å². The average molecular weight is 459 g/mol. The van der Waals surface area contributed by atoms with E-state index < -0.39 is 0 Å². The maximum absolute atomic E-state index is 12.6. The number of thiazole rings is 1. The van der Waals surface area contributed by atoms with Crippen LogP contribution in [0.2, 0.25) is 0 Å². The van der Waals surface area contributed by atoms with Gasteiger partial charge in [0.05, 0.1) is 22.5 Å². The van der Waals surface area contributed by atoms with Crippen LogP contribution in [0.5, 0.6) is 0 Å². The van der Waals surface area contributed by atoms with Gasteiger partial charge in [-0.1, -0.05) is 11.3 Å². The normalized spacial score (nSPS) is 22.1. The van der Waals surface area contributed by atoms with Crippen LogP contribution in [-0.4, -0.2) is 22.5 Å². The van der Waals surface area contributed by atoms with Crippen molar-refractivity contribution in [1.82, 2.24) is 9.97 Å². The molecule has 0 spiro atoms. The molecule has 2 aromatic rings. The lowest BCUT2D eigenvalue weighted by atomic mass is 9.84. The summed E-state index contributed by atoms with van der Waals surface area (Å²) in [6.45, 7) is 5.04. The lowest BCUT2D eigenvalue weighted by Gasteiger charge is -2.23. The number of carbonyl (C=O) groups excluding carboxylic acids is 1. The topological polar surface area (TPSA) is 82.0 Å². The summed E-state index contributed by atoms with van der Waals surface area (Å²) in [6.07, 6.45) is 8.04. The molecule has 0 unspecified atom stereocenters. The number of aromatic nitrogens is 3. The fourth-order valence-corrected chi connectivity index (χ4v) is 5.51. The van der Waals surface area contributed by atoms with Crippen molar-refractivity contribution in [1.29, 1.82) is 0 Å². The summed E-state index contributed by atoms with van der Waals surface area (Å²) in [6, 6.07) is 0. The molecule has 2 heterocycles. The lowest BCUT2D eigenvalue weighted by molar-refractivity contribution is -0.689. The molecule has 2 N–H and O–H groups in total. The zero-order valence-electron chi connectivity index (χ0n) is 16.8. The van der Waals surface area contributed by atoms with Gasteiger partial charge in [-0.3, -0.25) is 4.79 Å². The van der Waals surface area contributed by atoms with Crippen LogP contribution >= 0.6 is 23.7 Å². The highest BCUT2D eigenvalue weighted by Crippen LogP contribution is 2.54. The number of nitrogens with zero attached hydrogens (tertiary/aromatic N) is 3. The Labute approximate surface area is 188 Å². The Hall–Kier alpha value is -1.44. The molecule has 2 fully saturated rings. The van der Waals surface area contributed by atoms with Gasteiger partial charge in [-0.25, -0.2) is 9.97 Å². The highest BCUT2D eigenvalue weighted by Gasteiger charge is 2.51. The molecular formula is C20H28Cl2N4O2S. The summed E-state index contributed by atoms with van der Waals surface area (Å²) in [7, 11) is 0. The lowest BCUT2D eigenvalue weighted by Crippen LogP contribution is -3.00. The molecule has 0 saturated heterocycles. The molecule has 2 aliphatic carbocycles. The van der Waals surface area contributed by atoms with Crippen LogP contribution in [0.15, 0.2) is 11.7 Å². The molecule has 2 aliphatic rings. The van der Waals surface area contributed by atoms with Gasteiger partial charge >= 0.3 is 5.97 Å². The Kier molecular flexibility index (Phi) is 7.87. The van der Waals surface area contributed by atoms with Crippen molar-refractivity contribution in [2.24, 2.45) is 11.3 Å². The minimum atomic E-state index is -0.155. The molecule has 9 heteroatoms. The standard InChI is InChI=1S/C20H27N4O2S.2ClH/c1-13-17(5-8-26-19(25)20-6-3-15(9-20)4-7-20)27-12-24(13)11-16-10-22-14(2)23-18(16)21;;/h10,12,15H,3-9,11H2,1-2H3,(H2,21,22,23);2*1H/q+1;;/p-1. The number of ether oxygens (including phenoxy) is 1. The first-order chi connectivity index (χ1) is 13.0. The highest BCUT2D eigenvalue weighted by atomic mass is 35.5. The van der Waals surface area contributed by atoms with Crippen LogP contribution in [-0.2, 0) is 22.5 Å². The molecule has 2 saturated carbocycles. The molecule has 2 bridgehead atoms. The third kappa shape index (κ3) is 4.84. The molecule has 6 nitrogen and oxygen atoms in total. The molecule has 0 amide bonds. The smallest absolute Gasteiger partial charge is 0.312 e. The number of nitrogen functional groups attached to an aromatic ring is 1. The monoisotopic (exact) mass is 458 g/mol. The van der Waals surface area contributed by atoms with Gasteiger partial charge in [-0.05, 0) is 44.9 Å². The third-order valence-corrected chi connectivity index (χ3v) is 7.40. The van der Waals surface area contributed by atoms with Gasteiger partial charge in [-0.15, -0.1) is 12.4 Å². The van der Waals surface area contributed by atoms with Gasteiger partial charge < -0.3 is 22.9 Å². The molecular weight excluding hydrogens is 431 g/mol. The van der Waals surface area contributed by atoms with Crippen LogP contribution in [0.4, 0.5) is 5.82 Å². The molecule has 29 heavy (non-hydrogen) atoms. The quantitative estimate of drug-likeness (QED) is 0.492. The summed E-state index contributed by atoms with van der Waals surface area (Å²) in [4.78, 5) is 22.3. The summed E-state index contributed by atoms with van der Waals surface area (Å²) in [5.41, 5.74) is 10.0. The van der Waals surface area contributed by atoms with E-state index in [2.05, 4.69) is 27.0 Å². The number of hydrogen-bond donors (Lipinski definition) is 1. The first kappa shape index (κ1) is 23.8. The van der Waals surface area contributed by atoms with Crippen molar-refractivity contribution in [3.05, 3.63) is 33.7 Å². The van der Waals surface area contributed by atoms with Crippen LogP contribution in [0.3, 0.4) is 0 Å². The highest BCUT2D eigenvalue weighted by molar-refractivity contribution is 7.09. The number of esters is 1. The molecule has 160 valence electrons. The predicted molar refractivity (Wildman–Crippen MR) is 110 cm³/mol. The largest absolute Gasteiger partial charge is 1.00 e. The van der Waals surface area contributed by atoms with Gasteiger partial charge in [0.25, 0.3) is 0 Å². The number of rotatable bonds is 6. The van der Waals surface area contributed by atoms with E-state index in [9.17, 15) is 4.79 Å². The van der Waals surface area contributed by atoms with Crippen molar-refractivity contribution in [3.63, 3.8) is 0 Å². The van der Waals surface area contributed by atoms with Crippen LogP contribution in [0.1, 0.15) is 54.1 Å². The SMILES string of the molecule is Cc1ncc(C[n+]2csc(CCOC(=O)C34CCC(CC3)C4)c2C)c(N)n1.Cl.[Cl-]. The van der Waals surface area contributed by atoms with Crippen LogP contribution < -0.4 is 22.7 Å². The number of halogens is 2. The summed E-state index contributed by atoms with van der Waals surface area (Å²) in [5.74, 6) is 2.01. The van der Waals surface area contributed by atoms with Gasteiger partial charge in [0.15, 0.2) is 12.2 Å². The summed E-state index contributed by atoms with van der Waals surface area (Å²) < 4.78 is 7.84. The third-order valence-electron chi connectivity index (χ3n) is 6.25. The second kappa shape index (κ2) is 9.58. The number of anilines is 1. The number of fused-ring (bicyclic) bond motifs is 2. The average Bonchev–Trinajstić information content (AvgIpc) is 3.35. The maximum atomic E-state index is 12.6. The second-order valence-corrected chi connectivity index (χ2v) is 8.94. The predicted octanol–water partition coefficient (Wildman–Crippen LogP) is 0.165. The summed E-state index contributed by atoms with van der Waals surface area (Å²) in [5, 5.41) is 0. The Morgan fingerprint density at radius 1 is 1.38 bits per heavy atom. The number of hydrogen-bond acceptors (Lipinski definition) is 6. The van der Waals surface area contributed by atoms with Crippen LogP contribution in [0.25, 0.3) is 0 Å². The van der Waals surface area contributed by atoms with E-state index in [1.807, 2.05) is 6.92 Å². The molecule has 0 aliphatic heterocycles. The number of nitrogens with two attached hydrogens (primary N) is 1. The first-order valence-electron chi connectivity index (χ1n) is 9.68. The van der Waals surface area contributed by atoms with E-state index in [0.29, 0.717) is 24.8 Å². The van der Waals surface area contributed by atoms with Crippen molar-refractivity contribution < 1.29 is 26.5 Å². The van der Waals surface area contributed by atoms with Crippen molar-refractivity contribution >= 4 is 35.5 Å². The van der Waals surface area contributed by atoms with Crippen molar-refractivity contribution in [2.75, 3.05) is 12.3 Å². The molecule has 0 radical (unpaired) electrons. The fourth-order valence-electron chi connectivity index (χ4n) is 4.53. The Bertz CT molecular complexity index is 866. The molecule has 2 aromatic heterocycles. The molecule has 4 rings (SSSR count). The van der Waals surface area contributed by atoms with E-state index in [1.54, 1.807) is 17.5 Å². The molecule has 0 aromatic carbocycles. The second-order valence-electron chi connectivity index (χ2n) is 8.00. The van der Waals surface area contributed by atoms with Crippen LogP contribution in [0, 0.1) is 25.2 Å². The molecule has 0 atom stereocenters. The zero-order chi connectivity index (χ0) is 19.0. The van der Waals surface area contributed by atoms with Crippen molar-refractivity contribution in [3.8, 4) is 0 Å². The Balaban J connectivity index is 0.00000150. The zero-order valence-corrected chi connectivity index (χ0v) is 19.2. The van der Waals surface area contributed by atoms with E-state index in [0.717, 1.165) is 37.2 Å². The van der Waals surface area contributed by atoms with Gasteiger partial charge in [0.2, 0.25) is 5.51 Å². The van der Waals surface area contributed by atoms with Gasteiger partial charge in [0.1, 0.15) is 11.6 Å². The van der Waals surface area contributed by atoms with E-state index >= 15 is 0 Å². The fraction of sp³-hybridized carbons (Fsp3) is 0.600. The van der Waals surface area contributed by atoms with Gasteiger partial charge in [0, 0.05) is 19.5 Å². The van der Waals surface area contributed by atoms with E-state index in [1.165, 1.54) is 23.4 Å². The maximum Gasteiger partial charge on any atom is 0.312 e. The first-order valence-corrected chi connectivity index (χ1v) is 10.6. The minimum absolute atomic E-state index is 0. The van der Waals surface area contributed by atoms with E-state index in [-0.39, 0.29) is 36.2 Å². The Morgan fingerprint density at radius 2 is 2.10 bits per heavy atom. The van der Waals surface area contributed by atoms with Gasteiger partial charge in [-0.2, -0.15) is 4.57 Å². The number of carbonyl (C=O) groups is 1. The van der Waals surface area contributed by atoms with Crippen molar-refractivity contribution in [2.45, 2.75) is 58.9 Å². The Morgan fingerprint density at radius 3 is 2.72 bits per heavy atom. The summed E-state index contributed by atoms with van der Waals surface area (Å²) >= 11 is 1.69.